The van der Waals surface area contributed by atoms with Crippen molar-refractivity contribution in [1.29, 1.82) is 0 Å². The molecule has 0 aromatic heterocycles. The second kappa shape index (κ2) is 7.68. The van der Waals surface area contributed by atoms with Gasteiger partial charge in [0.15, 0.2) is 0 Å². The largest absolute Gasteiger partial charge is 0.416 e. The van der Waals surface area contributed by atoms with E-state index in [1.807, 2.05) is 0 Å². The van der Waals surface area contributed by atoms with Crippen molar-refractivity contribution in [1.82, 2.24) is 10.6 Å². The predicted octanol–water partition coefficient (Wildman–Crippen LogP) is 3.13. The Morgan fingerprint density at radius 3 is 2.21 bits per heavy atom. The second-order valence-corrected chi connectivity index (χ2v) is 6.28. The maximum atomic E-state index is 12.5. The first-order valence-electron chi connectivity index (χ1n) is 8.00. The number of carbonyl (C=O) groups excluding carboxylic acids is 2. The monoisotopic (exact) mass is 342 g/mol. The zero-order valence-electron chi connectivity index (χ0n) is 13.5. The van der Waals surface area contributed by atoms with Gasteiger partial charge in [-0.25, -0.2) is 0 Å². The fraction of sp³-hybridized carbons (Fsp3) is 0.529. The quantitative estimate of drug-likeness (QED) is 0.883. The molecule has 0 radical (unpaired) electrons. The van der Waals surface area contributed by atoms with Crippen LogP contribution in [0.3, 0.4) is 0 Å². The number of amides is 2. The molecule has 7 heteroatoms. The molecule has 0 aliphatic heterocycles. The third kappa shape index (κ3) is 5.25. The van der Waals surface area contributed by atoms with Crippen LogP contribution in [0.4, 0.5) is 13.2 Å². The van der Waals surface area contributed by atoms with Crippen LogP contribution >= 0.6 is 0 Å². The molecule has 0 bridgehead atoms. The van der Waals surface area contributed by atoms with Gasteiger partial charge in [0.1, 0.15) is 0 Å². The highest BCUT2D eigenvalue weighted by Crippen LogP contribution is 2.29. The van der Waals surface area contributed by atoms with Gasteiger partial charge in [0.25, 0.3) is 5.91 Å². The maximum absolute atomic E-state index is 12.5. The molecule has 1 fully saturated rings. The standard InChI is InChI=1S/C17H21F3N2O2/c1-11-2-8-14(9-3-11)22-15(23)10-21-16(24)12-4-6-13(7-5-12)17(18,19)20/h4-7,11,14H,2-3,8-10H2,1H3,(H,21,24)(H,22,23). The van der Waals surface area contributed by atoms with Crippen molar-refractivity contribution in [3.8, 4) is 0 Å². The molecule has 0 atom stereocenters. The fourth-order valence-corrected chi connectivity index (χ4v) is 2.76. The van der Waals surface area contributed by atoms with Gasteiger partial charge in [-0.05, 0) is 55.9 Å². The minimum atomic E-state index is -4.44. The summed E-state index contributed by atoms with van der Waals surface area (Å²) < 4.78 is 37.4. The maximum Gasteiger partial charge on any atom is 0.416 e. The first-order valence-corrected chi connectivity index (χ1v) is 8.00. The Bertz CT molecular complexity index is 576. The summed E-state index contributed by atoms with van der Waals surface area (Å²) in [6.07, 6.45) is -0.433. The van der Waals surface area contributed by atoms with Gasteiger partial charge in [-0.3, -0.25) is 9.59 Å². The van der Waals surface area contributed by atoms with Gasteiger partial charge in [0.2, 0.25) is 5.91 Å². The van der Waals surface area contributed by atoms with Gasteiger partial charge >= 0.3 is 6.18 Å². The lowest BCUT2D eigenvalue weighted by Crippen LogP contribution is -2.43. The summed E-state index contributed by atoms with van der Waals surface area (Å²) in [6, 6.07) is 4.02. The van der Waals surface area contributed by atoms with Crippen LogP contribution in [0.5, 0.6) is 0 Å². The highest BCUT2D eigenvalue weighted by atomic mass is 19.4. The third-order valence-corrected chi connectivity index (χ3v) is 4.26. The number of hydrogen-bond acceptors (Lipinski definition) is 2. The second-order valence-electron chi connectivity index (χ2n) is 6.28. The van der Waals surface area contributed by atoms with Crippen LogP contribution in [0.2, 0.25) is 0 Å². The van der Waals surface area contributed by atoms with E-state index < -0.39 is 17.6 Å². The average molecular weight is 342 g/mol. The summed E-state index contributed by atoms with van der Waals surface area (Å²) in [5.41, 5.74) is -0.731. The molecule has 1 aromatic carbocycles. The molecule has 0 spiro atoms. The first-order chi connectivity index (χ1) is 11.3. The Hall–Kier alpha value is -2.05. The van der Waals surface area contributed by atoms with E-state index in [1.165, 1.54) is 0 Å². The number of benzene rings is 1. The predicted molar refractivity (Wildman–Crippen MR) is 83.3 cm³/mol. The number of rotatable bonds is 4. The van der Waals surface area contributed by atoms with Crippen molar-refractivity contribution in [3.63, 3.8) is 0 Å². The van der Waals surface area contributed by atoms with Crippen LogP contribution in [0.15, 0.2) is 24.3 Å². The Kier molecular flexibility index (Phi) is 5.85. The zero-order valence-corrected chi connectivity index (χ0v) is 13.5. The SMILES string of the molecule is CC1CCC(NC(=O)CNC(=O)c2ccc(C(F)(F)F)cc2)CC1. The Morgan fingerprint density at radius 1 is 1.08 bits per heavy atom. The summed E-state index contributed by atoms with van der Waals surface area (Å²) >= 11 is 0. The Morgan fingerprint density at radius 2 is 1.67 bits per heavy atom. The molecular formula is C17H21F3N2O2. The van der Waals surface area contributed by atoms with Crippen molar-refractivity contribution in [2.45, 2.75) is 44.8 Å². The Balaban J connectivity index is 1.79. The smallest absolute Gasteiger partial charge is 0.352 e. The summed E-state index contributed by atoms with van der Waals surface area (Å²) in [5.74, 6) is -0.177. The van der Waals surface area contributed by atoms with Gasteiger partial charge in [-0.2, -0.15) is 13.2 Å². The average Bonchev–Trinajstić information content (AvgIpc) is 2.54. The fourth-order valence-electron chi connectivity index (χ4n) is 2.76. The van der Waals surface area contributed by atoms with E-state index in [1.54, 1.807) is 0 Å². The molecular weight excluding hydrogens is 321 g/mol. The normalized spacial score (nSPS) is 21.2. The number of carbonyl (C=O) groups is 2. The van der Waals surface area contributed by atoms with Gasteiger partial charge in [0.05, 0.1) is 12.1 Å². The number of hydrogen-bond donors (Lipinski definition) is 2. The molecule has 2 N–H and O–H groups in total. The molecule has 24 heavy (non-hydrogen) atoms. The highest BCUT2D eigenvalue weighted by molar-refractivity contribution is 5.96. The van der Waals surface area contributed by atoms with Crippen LogP contribution in [0.25, 0.3) is 0 Å². The number of nitrogens with one attached hydrogen (secondary N) is 2. The lowest BCUT2D eigenvalue weighted by molar-refractivity contribution is -0.137. The Labute approximate surface area is 138 Å². The van der Waals surface area contributed by atoms with Crippen LogP contribution in [0, 0.1) is 5.92 Å². The van der Waals surface area contributed by atoms with E-state index in [2.05, 4.69) is 17.6 Å². The topological polar surface area (TPSA) is 58.2 Å². The van der Waals surface area contributed by atoms with Crippen molar-refractivity contribution in [3.05, 3.63) is 35.4 Å². The molecule has 0 saturated heterocycles. The van der Waals surface area contributed by atoms with E-state index >= 15 is 0 Å². The zero-order chi connectivity index (χ0) is 17.7. The minimum Gasteiger partial charge on any atom is -0.352 e. The molecule has 2 amide bonds. The van der Waals surface area contributed by atoms with Crippen LogP contribution in [-0.4, -0.2) is 24.4 Å². The van der Waals surface area contributed by atoms with Crippen molar-refractivity contribution >= 4 is 11.8 Å². The molecule has 1 aromatic rings. The van der Waals surface area contributed by atoms with E-state index in [4.69, 9.17) is 0 Å². The van der Waals surface area contributed by atoms with Gasteiger partial charge in [0, 0.05) is 11.6 Å². The van der Waals surface area contributed by atoms with E-state index in [9.17, 15) is 22.8 Å². The third-order valence-electron chi connectivity index (χ3n) is 4.26. The van der Waals surface area contributed by atoms with Crippen molar-refractivity contribution in [2.24, 2.45) is 5.92 Å². The molecule has 2 rings (SSSR count). The molecule has 132 valence electrons. The van der Waals surface area contributed by atoms with Gasteiger partial charge in [-0.1, -0.05) is 6.92 Å². The lowest BCUT2D eigenvalue weighted by atomic mass is 9.87. The molecule has 1 saturated carbocycles. The molecule has 1 aliphatic rings. The minimum absolute atomic E-state index is 0.0855. The number of halogens is 3. The summed E-state index contributed by atoms with van der Waals surface area (Å²) in [4.78, 5) is 23.7. The van der Waals surface area contributed by atoms with Gasteiger partial charge in [-0.15, -0.1) is 0 Å². The first kappa shape index (κ1) is 18.3. The summed E-state index contributed by atoms with van der Waals surface area (Å²) in [5, 5.41) is 5.30. The molecule has 1 aliphatic carbocycles. The highest BCUT2D eigenvalue weighted by Gasteiger charge is 2.30. The molecule has 0 unspecified atom stereocenters. The van der Waals surface area contributed by atoms with Crippen LogP contribution < -0.4 is 10.6 Å². The molecule has 0 heterocycles. The van der Waals surface area contributed by atoms with E-state index in [-0.39, 0.29) is 24.1 Å². The van der Waals surface area contributed by atoms with Gasteiger partial charge < -0.3 is 10.6 Å². The van der Waals surface area contributed by atoms with E-state index in [0.717, 1.165) is 49.9 Å². The van der Waals surface area contributed by atoms with Crippen LogP contribution in [0.1, 0.15) is 48.5 Å². The summed E-state index contributed by atoms with van der Waals surface area (Å²) in [7, 11) is 0. The van der Waals surface area contributed by atoms with Crippen molar-refractivity contribution in [2.75, 3.05) is 6.54 Å². The van der Waals surface area contributed by atoms with Crippen LogP contribution in [-0.2, 0) is 11.0 Å². The van der Waals surface area contributed by atoms with E-state index in [0.29, 0.717) is 5.92 Å². The number of alkyl halides is 3. The lowest BCUT2D eigenvalue weighted by Gasteiger charge is -2.26. The molecule has 4 nitrogen and oxygen atoms in total. The van der Waals surface area contributed by atoms with Crippen molar-refractivity contribution < 1.29 is 22.8 Å². The summed E-state index contributed by atoms with van der Waals surface area (Å²) in [6.45, 7) is 1.99.